The summed E-state index contributed by atoms with van der Waals surface area (Å²) in [6, 6.07) is 8.73. The minimum absolute atomic E-state index is 1.08. The van der Waals surface area contributed by atoms with Crippen LogP contribution in [0.3, 0.4) is 0 Å². The van der Waals surface area contributed by atoms with Crippen LogP contribution in [0.4, 0.5) is 0 Å². The van der Waals surface area contributed by atoms with Gasteiger partial charge < -0.3 is 0 Å². The molecule has 0 spiro atoms. The normalized spacial score (nSPS) is 10.2. The molecule has 9 heavy (non-hydrogen) atoms. The Morgan fingerprint density at radius 1 is 1.56 bits per heavy atom. The minimum atomic E-state index is 1.08. The topological polar surface area (TPSA) is 17.3 Å². The van der Waals surface area contributed by atoms with E-state index in [1.54, 1.807) is 16.9 Å². The third-order valence-electron chi connectivity index (χ3n) is 1.24. The van der Waals surface area contributed by atoms with E-state index in [9.17, 15) is 0 Å². The smallest absolute Gasteiger partial charge is 0.0653 e. The summed E-state index contributed by atoms with van der Waals surface area (Å²) in [5.74, 6) is 0. The standard InChI is InChI=1S/C7H5N2/c1-3-7-4-2-6-9(7)8-5-1/h1,3-6H. The highest BCUT2D eigenvalue weighted by Crippen LogP contribution is 1.97. The fourth-order valence-electron chi connectivity index (χ4n) is 0.810. The molecule has 2 aromatic rings. The Morgan fingerprint density at radius 3 is 3.44 bits per heavy atom. The molecule has 2 heterocycles. The van der Waals surface area contributed by atoms with E-state index in [-0.39, 0.29) is 0 Å². The summed E-state index contributed by atoms with van der Waals surface area (Å²) in [5.41, 5.74) is 1.08. The zero-order valence-electron chi connectivity index (χ0n) is 4.78. The highest BCUT2D eigenvalue weighted by atomic mass is 15.2. The van der Waals surface area contributed by atoms with E-state index in [0.717, 1.165) is 5.52 Å². The van der Waals surface area contributed by atoms with Crippen LogP contribution < -0.4 is 0 Å². The van der Waals surface area contributed by atoms with Crippen molar-refractivity contribution in [2.45, 2.75) is 0 Å². The van der Waals surface area contributed by atoms with E-state index >= 15 is 0 Å². The predicted molar refractivity (Wildman–Crippen MR) is 34.0 cm³/mol. The molecule has 2 rings (SSSR count). The molecule has 0 fully saturated rings. The van der Waals surface area contributed by atoms with Crippen LogP contribution >= 0.6 is 0 Å². The maximum absolute atomic E-state index is 4.03. The van der Waals surface area contributed by atoms with E-state index in [4.69, 9.17) is 0 Å². The maximum atomic E-state index is 4.03. The molecule has 0 bridgehead atoms. The lowest BCUT2D eigenvalue weighted by atomic mass is 10.5. The van der Waals surface area contributed by atoms with Crippen molar-refractivity contribution in [2.24, 2.45) is 0 Å². The lowest BCUT2D eigenvalue weighted by molar-refractivity contribution is 0.941. The van der Waals surface area contributed by atoms with E-state index in [1.165, 1.54) is 0 Å². The molecular weight excluding hydrogens is 112 g/mol. The SMILES string of the molecule is [c]1cc2cccnn2c1. The Hall–Kier alpha value is -1.31. The Morgan fingerprint density at radius 2 is 2.56 bits per heavy atom. The predicted octanol–water partition coefficient (Wildman–Crippen LogP) is 1.13. The van der Waals surface area contributed by atoms with Crippen molar-refractivity contribution < 1.29 is 0 Å². The van der Waals surface area contributed by atoms with Gasteiger partial charge in [-0.3, -0.25) is 0 Å². The molecule has 2 heteroatoms. The molecule has 2 aromatic heterocycles. The highest BCUT2D eigenvalue weighted by Gasteiger charge is 1.85. The molecular formula is C7H5N2. The number of hydrogen-bond donors (Lipinski definition) is 0. The summed E-state index contributed by atoms with van der Waals surface area (Å²) < 4.78 is 1.78. The van der Waals surface area contributed by atoms with E-state index in [2.05, 4.69) is 11.2 Å². The zero-order chi connectivity index (χ0) is 6.10. The summed E-state index contributed by atoms with van der Waals surface area (Å²) in [6.45, 7) is 0. The number of fused-ring (bicyclic) bond motifs is 1. The van der Waals surface area contributed by atoms with Gasteiger partial charge in [-0.05, 0) is 18.2 Å². The summed E-state index contributed by atoms with van der Waals surface area (Å²) in [6.07, 6.45) is 3.55. The fraction of sp³-hybridized carbons (Fsp3) is 0. The second kappa shape index (κ2) is 1.58. The second-order valence-electron chi connectivity index (χ2n) is 1.83. The average Bonchev–Trinajstić information content (AvgIpc) is 2.33. The molecule has 0 amide bonds. The van der Waals surface area contributed by atoms with Crippen molar-refractivity contribution in [3.8, 4) is 0 Å². The van der Waals surface area contributed by atoms with Gasteiger partial charge >= 0.3 is 0 Å². The molecule has 0 unspecified atom stereocenters. The van der Waals surface area contributed by atoms with Gasteiger partial charge in [0.1, 0.15) is 0 Å². The second-order valence-corrected chi connectivity index (χ2v) is 1.83. The Bertz CT molecular complexity index is 281. The van der Waals surface area contributed by atoms with Gasteiger partial charge in [-0.2, -0.15) is 5.10 Å². The van der Waals surface area contributed by atoms with Gasteiger partial charge in [0.2, 0.25) is 0 Å². The van der Waals surface area contributed by atoms with Crippen LogP contribution in [0.15, 0.2) is 30.6 Å². The molecule has 1 radical (unpaired) electrons. The van der Waals surface area contributed by atoms with Crippen molar-refractivity contribution in [2.75, 3.05) is 0 Å². The maximum Gasteiger partial charge on any atom is 0.0653 e. The van der Waals surface area contributed by atoms with E-state index in [1.807, 2.05) is 18.2 Å². The summed E-state index contributed by atoms with van der Waals surface area (Å²) in [7, 11) is 0. The van der Waals surface area contributed by atoms with E-state index in [0.29, 0.717) is 0 Å². The Balaban J connectivity index is 2.95. The monoisotopic (exact) mass is 117 g/mol. The lowest BCUT2D eigenvalue weighted by Gasteiger charge is -1.87. The van der Waals surface area contributed by atoms with Gasteiger partial charge in [0.15, 0.2) is 0 Å². The van der Waals surface area contributed by atoms with Crippen LogP contribution in [0.25, 0.3) is 5.52 Å². The largest absolute Gasteiger partial charge is 0.240 e. The third-order valence-corrected chi connectivity index (χ3v) is 1.24. The fourth-order valence-corrected chi connectivity index (χ4v) is 0.810. The van der Waals surface area contributed by atoms with Gasteiger partial charge in [-0.15, -0.1) is 0 Å². The Kier molecular flexibility index (Phi) is 0.803. The molecule has 0 aliphatic heterocycles. The summed E-state index contributed by atoms with van der Waals surface area (Å²) in [4.78, 5) is 0. The first-order valence-corrected chi connectivity index (χ1v) is 2.76. The molecule has 0 aromatic carbocycles. The first-order chi connectivity index (χ1) is 4.47. The molecule has 0 aliphatic rings. The molecule has 2 nitrogen and oxygen atoms in total. The number of hydrogen-bond acceptors (Lipinski definition) is 1. The van der Waals surface area contributed by atoms with Crippen LogP contribution in [-0.4, -0.2) is 9.61 Å². The summed E-state index contributed by atoms with van der Waals surface area (Å²) in [5, 5.41) is 4.03. The van der Waals surface area contributed by atoms with Crippen molar-refractivity contribution in [1.29, 1.82) is 0 Å². The summed E-state index contributed by atoms with van der Waals surface area (Å²) >= 11 is 0. The van der Waals surface area contributed by atoms with Crippen molar-refractivity contribution in [1.82, 2.24) is 9.61 Å². The first kappa shape index (κ1) is 4.56. The molecule has 43 valence electrons. The molecule has 0 saturated carbocycles. The number of aromatic nitrogens is 2. The zero-order valence-corrected chi connectivity index (χ0v) is 4.78. The molecule has 0 saturated heterocycles. The highest BCUT2D eigenvalue weighted by molar-refractivity contribution is 5.44. The van der Waals surface area contributed by atoms with Crippen LogP contribution in [0.1, 0.15) is 0 Å². The van der Waals surface area contributed by atoms with E-state index < -0.39 is 0 Å². The van der Waals surface area contributed by atoms with Crippen LogP contribution in [0.2, 0.25) is 0 Å². The van der Waals surface area contributed by atoms with Gasteiger partial charge in [0.05, 0.1) is 5.52 Å². The molecule has 0 aliphatic carbocycles. The first-order valence-electron chi connectivity index (χ1n) is 2.76. The quantitative estimate of drug-likeness (QED) is 0.505. The third kappa shape index (κ3) is 0.598. The van der Waals surface area contributed by atoms with Gasteiger partial charge in [0, 0.05) is 18.5 Å². The molecule has 0 atom stereocenters. The van der Waals surface area contributed by atoms with Gasteiger partial charge in [-0.1, -0.05) is 0 Å². The number of rotatable bonds is 0. The minimum Gasteiger partial charge on any atom is -0.240 e. The molecule has 0 N–H and O–H groups in total. The van der Waals surface area contributed by atoms with Crippen LogP contribution in [-0.2, 0) is 0 Å². The van der Waals surface area contributed by atoms with Crippen LogP contribution in [0.5, 0.6) is 0 Å². The van der Waals surface area contributed by atoms with Gasteiger partial charge in [-0.25, -0.2) is 4.52 Å². The van der Waals surface area contributed by atoms with Crippen molar-refractivity contribution >= 4 is 5.52 Å². The number of nitrogens with zero attached hydrogens (tertiary/aromatic N) is 2. The Labute approximate surface area is 52.7 Å². The van der Waals surface area contributed by atoms with Gasteiger partial charge in [0.25, 0.3) is 0 Å². The average molecular weight is 117 g/mol. The van der Waals surface area contributed by atoms with Crippen molar-refractivity contribution in [3.63, 3.8) is 0 Å². The lowest BCUT2D eigenvalue weighted by Crippen LogP contribution is -1.84. The van der Waals surface area contributed by atoms with Crippen LogP contribution in [0, 0.1) is 6.07 Å². The van der Waals surface area contributed by atoms with Crippen molar-refractivity contribution in [3.05, 3.63) is 36.7 Å².